The fourth-order valence-corrected chi connectivity index (χ4v) is 3.14. The molecule has 4 heteroatoms. The predicted octanol–water partition coefficient (Wildman–Crippen LogP) is 4.61. The molecule has 0 bridgehead atoms. The van der Waals surface area contributed by atoms with Crippen LogP contribution >= 0.6 is 0 Å². The Balaban J connectivity index is 1.76. The largest absolute Gasteiger partial charge is 0.192 e. The van der Waals surface area contributed by atoms with E-state index in [0.717, 1.165) is 33.7 Å². The Morgan fingerprint density at radius 3 is 2.36 bits per heavy atom. The van der Waals surface area contributed by atoms with Crippen molar-refractivity contribution < 1.29 is 0 Å². The zero-order chi connectivity index (χ0) is 16.6. The highest BCUT2D eigenvalue weighted by Crippen LogP contribution is 2.28. The van der Waals surface area contributed by atoms with Crippen molar-refractivity contribution in [3.63, 3.8) is 0 Å². The third kappa shape index (κ3) is 2.27. The highest BCUT2D eigenvalue weighted by molar-refractivity contribution is 5.95. The topological polar surface area (TPSA) is 43.1 Å². The second kappa shape index (κ2) is 5.53. The highest BCUT2D eigenvalue weighted by atomic mass is 15.4. The van der Waals surface area contributed by atoms with Crippen molar-refractivity contribution in [3.05, 3.63) is 84.9 Å². The van der Waals surface area contributed by atoms with Gasteiger partial charge in [-0.25, -0.2) is 0 Å². The average Bonchev–Trinajstić information content (AvgIpc) is 3.11. The van der Waals surface area contributed by atoms with E-state index in [1.54, 1.807) is 0 Å². The van der Waals surface area contributed by atoms with Gasteiger partial charge in [0.1, 0.15) is 0 Å². The number of nitrogens with zero attached hydrogens (tertiary/aromatic N) is 4. The van der Waals surface area contributed by atoms with E-state index in [1.807, 2.05) is 53.0 Å². The van der Waals surface area contributed by atoms with Crippen LogP contribution in [0, 0.1) is 0 Å². The standard InChI is InChI=1S/C21H14N4/c1-2-8-16(9-3-1)19-13-14-20-22-23-21(25(20)24-19)18-12-6-10-15-7-4-5-11-17(15)18/h1-14H. The summed E-state index contributed by atoms with van der Waals surface area (Å²) in [7, 11) is 0. The smallest absolute Gasteiger partial charge is 0.186 e. The molecule has 0 amide bonds. The van der Waals surface area contributed by atoms with Gasteiger partial charge in [0.05, 0.1) is 5.69 Å². The van der Waals surface area contributed by atoms with Crippen LogP contribution in [0.5, 0.6) is 0 Å². The first kappa shape index (κ1) is 13.9. The zero-order valence-corrected chi connectivity index (χ0v) is 13.4. The molecule has 0 aliphatic carbocycles. The minimum absolute atomic E-state index is 0.739. The highest BCUT2D eigenvalue weighted by Gasteiger charge is 2.13. The Bertz CT molecular complexity index is 1190. The molecular formula is C21H14N4. The Morgan fingerprint density at radius 1 is 0.640 bits per heavy atom. The molecule has 0 N–H and O–H groups in total. The first-order valence-electron chi connectivity index (χ1n) is 8.16. The van der Waals surface area contributed by atoms with Crippen LogP contribution in [0.3, 0.4) is 0 Å². The first-order chi connectivity index (χ1) is 12.4. The lowest BCUT2D eigenvalue weighted by Gasteiger charge is -2.06. The van der Waals surface area contributed by atoms with Crippen LogP contribution in [-0.4, -0.2) is 19.8 Å². The molecule has 0 unspecified atom stereocenters. The Labute approximate surface area is 144 Å². The molecule has 0 radical (unpaired) electrons. The molecule has 0 aliphatic rings. The van der Waals surface area contributed by atoms with Gasteiger partial charge in [-0.15, -0.1) is 10.2 Å². The molecule has 3 aromatic carbocycles. The van der Waals surface area contributed by atoms with Crippen LogP contribution in [0.2, 0.25) is 0 Å². The monoisotopic (exact) mass is 322 g/mol. The van der Waals surface area contributed by atoms with Crippen molar-refractivity contribution in [1.29, 1.82) is 0 Å². The van der Waals surface area contributed by atoms with Crippen LogP contribution in [0.25, 0.3) is 39.1 Å². The summed E-state index contributed by atoms with van der Waals surface area (Å²) in [5.41, 5.74) is 3.74. The SMILES string of the molecule is c1ccc(-c2ccc3nnc(-c4cccc5ccccc45)n3n2)cc1. The summed E-state index contributed by atoms with van der Waals surface area (Å²) >= 11 is 0. The van der Waals surface area contributed by atoms with Crippen molar-refractivity contribution in [2.45, 2.75) is 0 Å². The average molecular weight is 322 g/mol. The maximum Gasteiger partial charge on any atom is 0.186 e. The summed E-state index contributed by atoms with van der Waals surface area (Å²) in [5, 5.41) is 15.8. The normalized spacial score (nSPS) is 11.2. The van der Waals surface area contributed by atoms with Gasteiger partial charge in [-0.2, -0.15) is 9.61 Å². The van der Waals surface area contributed by atoms with Gasteiger partial charge < -0.3 is 0 Å². The minimum atomic E-state index is 0.739. The Hall–Kier alpha value is -3.53. The van der Waals surface area contributed by atoms with Crippen molar-refractivity contribution in [2.75, 3.05) is 0 Å². The number of fused-ring (bicyclic) bond motifs is 2. The molecule has 0 atom stereocenters. The number of hydrogen-bond acceptors (Lipinski definition) is 3. The maximum absolute atomic E-state index is 4.78. The van der Waals surface area contributed by atoms with E-state index in [4.69, 9.17) is 5.10 Å². The molecule has 0 fully saturated rings. The van der Waals surface area contributed by atoms with Gasteiger partial charge in [0.2, 0.25) is 0 Å². The van der Waals surface area contributed by atoms with E-state index in [9.17, 15) is 0 Å². The van der Waals surface area contributed by atoms with Crippen LogP contribution in [0.1, 0.15) is 0 Å². The summed E-state index contributed by atoms with van der Waals surface area (Å²) in [6.07, 6.45) is 0. The molecule has 5 aromatic rings. The van der Waals surface area contributed by atoms with Gasteiger partial charge in [-0.1, -0.05) is 72.8 Å². The molecule has 2 heterocycles. The van der Waals surface area contributed by atoms with Crippen molar-refractivity contribution in [1.82, 2.24) is 19.8 Å². The van der Waals surface area contributed by atoms with Crippen LogP contribution in [0.15, 0.2) is 84.9 Å². The van der Waals surface area contributed by atoms with Crippen LogP contribution in [-0.2, 0) is 0 Å². The van der Waals surface area contributed by atoms with Gasteiger partial charge in [0.15, 0.2) is 11.5 Å². The third-order valence-corrected chi connectivity index (χ3v) is 4.36. The lowest BCUT2D eigenvalue weighted by molar-refractivity contribution is 0.943. The molecule has 0 saturated heterocycles. The van der Waals surface area contributed by atoms with Gasteiger partial charge in [-0.3, -0.25) is 0 Å². The van der Waals surface area contributed by atoms with Crippen molar-refractivity contribution in [3.8, 4) is 22.6 Å². The number of hydrogen-bond donors (Lipinski definition) is 0. The number of rotatable bonds is 2. The molecule has 4 nitrogen and oxygen atoms in total. The maximum atomic E-state index is 4.78. The summed E-state index contributed by atoms with van der Waals surface area (Å²) in [4.78, 5) is 0. The summed E-state index contributed by atoms with van der Waals surface area (Å²) in [6, 6.07) is 28.6. The molecule has 25 heavy (non-hydrogen) atoms. The van der Waals surface area contributed by atoms with Gasteiger partial charge >= 0.3 is 0 Å². The van der Waals surface area contributed by atoms with Crippen LogP contribution in [0.4, 0.5) is 0 Å². The van der Waals surface area contributed by atoms with E-state index in [1.165, 1.54) is 5.39 Å². The molecule has 0 aliphatic heterocycles. The van der Waals surface area contributed by atoms with E-state index >= 15 is 0 Å². The van der Waals surface area contributed by atoms with E-state index in [2.05, 4.69) is 46.6 Å². The fourth-order valence-electron chi connectivity index (χ4n) is 3.14. The van der Waals surface area contributed by atoms with Crippen molar-refractivity contribution >= 4 is 16.4 Å². The van der Waals surface area contributed by atoms with E-state index in [-0.39, 0.29) is 0 Å². The molecule has 0 spiro atoms. The van der Waals surface area contributed by atoms with E-state index in [0.29, 0.717) is 0 Å². The molecular weight excluding hydrogens is 308 g/mol. The second-order valence-electron chi connectivity index (χ2n) is 5.90. The van der Waals surface area contributed by atoms with E-state index < -0.39 is 0 Å². The lowest BCUT2D eigenvalue weighted by Crippen LogP contribution is -1.97. The fraction of sp³-hybridized carbons (Fsp3) is 0. The zero-order valence-electron chi connectivity index (χ0n) is 13.4. The van der Waals surface area contributed by atoms with Crippen molar-refractivity contribution in [2.24, 2.45) is 0 Å². The summed E-state index contributed by atoms with van der Waals surface area (Å²) in [6.45, 7) is 0. The lowest BCUT2D eigenvalue weighted by atomic mass is 10.0. The molecule has 0 saturated carbocycles. The molecule has 118 valence electrons. The second-order valence-corrected chi connectivity index (χ2v) is 5.90. The van der Waals surface area contributed by atoms with Gasteiger partial charge in [0.25, 0.3) is 0 Å². The minimum Gasteiger partial charge on any atom is -0.192 e. The molecule has 2 aromatic heterocycles. The Kier molecular flexibility index (Phi) is 3.07. The number of aromatic nitrogens is 4. The van der Waals surface area contributed by atoms with Crippen LogP contribution < -0.4 is 0 Å². The summed E-state index contributed by atoms with van der Waals surface area (Å²) < 4.78 is 1.82. The summed E-state index contributed by atoms with van der Waals surface area (Å²) in [5.74, 6) is 0.754. The van der Waals surface area contributed by atoms with Gasteiger partial charge in [0, 0.05) is 11.1 Å². The van der Waals surface area contributed by atoms with Gasteiger partial charge in [-0.05, 0) is 22.9 Å². The third-order valence-electron chi connectivity index (χ3n) is 4.36. The molecule has 5 rings (SSSR count). The first-order valence-corrected chi connectivity index (χ1v) is 8.16. The Morgan fingerprint density at radius 2 is 1.44 bits per heavy atom. The predicted molar refractivity (Wildman–Crippen MR) is 99.2 cm³/mol. The number of benzene rings is 3. The quantitative estimate of drug-likeness (QED) is 0.476.